The molecule has 0 heterocycles. The third-order valence-electron chi connectivity index (χ3n) is 3.85. The van der Waals surface area contributed by atoms with Crippen LogP contribution in [0.3, 0.4) is 0 Å². The highest BCUT2D eigenvalue weighted by Gasteiger charge is 2.18. The Bertz CT molecular complexity index is 411. The number of anilines is 1. The Morgan fingerprint density at radius 3 is 2.42 bits per heavy atom. The molecule has 0 spiro atoms. The van der Waals surface area contributed by atoms with Gasteiger partial charge in [-0.1, -0.05) is 19.3 Å². The summed E-state index contributed by atoms with van der Waals surface area (Å²) in [5.74, 6) is -0.214. The average Bonchev–Trinajstić information content (AvgIpc) is 2.48. The third-order valence-corrected chi connectivity index (χ3v) is 3.85. The minimum atomic E-state index is -0.214. The molecule has 4 nitrogen and oxygen atoms in total. The van der Waals surface area contributed by atoms with Crippen LogP contribution in [0.25, 0.3) is 0 Å². The Labute approximate surface area is 114 Å². The molecule has 0 aromatic heterocycles. The summed E-state index contributed by atoms with van der Waals surface area (Å²) >= 11 is 0. The molecular formula is C15H22N2O2. The smallest absolute Gasteiger partial charge is 0.274 e. The molecule has 0 atom stereocenters. The first-order chi connectivity index (χ1) is 9.22. The standard InChI is InChI=1S/C15H22N2O2/c1-17(13-6-4-3-5-7-13)14-10-8-12(9-11-14)15(18)16-19-2/h8-11,13H,3-7H2,1-2H3,(H,16,18). The number of nitrogens with zero attached hydrogens (tertiary/aromatic N) is 1. The molecule has 0 unspecified atom stereocenters. The molecule has 104 valence electrons. The Morgan fingerprint density at radius 1 is 1.21 bits per heavy atom. The highest BCUT2D eigenvalue weighted by molar-refractivity contribution is 5.93. The summed E-state index contributed by atoms with van der Waals surface area (Å²) in [7, 11) is 3.57. The summed E-state index contributed by atoms with van der Waals surface area (Å²) in [4.78, 5) is 18.5. The lowest BCUT2D eigenvalue weighted by molar-refractivity contribution is 0.0537. The molecule has 1 aliphatic rings. The maximum Gasteiger partial charge on any atom is 0.274 e. The second-order valence-electron chi connectivity index (χ2n) is 5.08. The van der Waals surface area contributed by atoms with E-state index in [9.17, 15) is 4.79 Å². The Hall–Kier alpha value is -1.55. The second kappa shape index (κ2) is 6.57. The zero-order chi connectivity index (χ0) is 13.7. The van der Waals surface area contributed by atoms with Crippen molar-refractivity contribution in [1.29, 1.82) is 0 Å². The quantitative estimate of drug-likeness (QED) is 0.848. The van der Waals surface area contributed by atoms with Gasteiger partial charge in [0.05, 0.1) is 7.11 Å². The summed E-state index contributed by atoms with van der Waals surface area (Å²) in [6, 6.07) is 8.30. The number of amides is 1. The fourth-order valence-electron chi connectivity index (χ4n) is 2.68. The van der Waals surface area contributed by atoms with Gasteiger partial charge >= 0.3 is 0 Å². The van der Waals surface area contributed by atoms with Gasteiger partial charge < -0.3 is 4.90 Å². The molecule has 1 aromatic carbocycles. The second-order valence-corrected chi connectivity index (χ2v) is 5.08. The maximum atomic E-state index is 11.6. The van der Waals surface area contributed by atoms with Gasteiger partial charge in [0, 0.05) is 24.3 Å². The van der Waals surface area contributed by atoms with Crippen molar-refractivity contribution < 1.29 is 9.63 Å². The molecule has 4 heteroatoms. The molecule has 2 rings (SSSR count). The van der Waals surface area contributed by atoms with Gasteiger partial charge in [-0.05, 0) is 37.1 Å². The molecule has 0 bridgehead atoms. The monoisotopic (exact) mass is 262 g/mol. The van der Waals surface area contributed by atoms with Crippen LogP contribution < -0.4 is 10.4 Å². The van der Waals surface area contributed by atoms with Crippen molar-refractivity contribution in [3.63, 3.8) is 0 Å². The first kappa shape index (κ1) is 13.9. The van der Waals surface area contributed by atoms with Gasteiger partial charge in [-0.2, -0.15) is 0 Å². The topological polar surface area (TPSA) is 41.6 Å². The number of carbonyl (C=O) groups is 1. The minimum absolute atomic E-state index is 0.214. The molecule has 19 heavy (non-hydrogen) atoms. The van der Waals surface area contributed by atoms with E-state index in [1.54, 1.807) is 0 Å². The van der Waals surface area contributed by atoms with Crippen LogP contribution in [0.4, 0.5) is 5.69 Å². The zero-order valence-corrected chi connectivity index (χ0v) is 11.7. The Balaban J connectivity index is 2.02. The van der Waals surface area contributed by atoms with E-state index >= 15 is 0 Å². The molecule has 0 radical (unpaired) electrons. The molecule has 1 saturated carbocycles. The van der Waals surface area contributed by atoms with E-state index in [1.807, 2.05) is 24.3 Å². The summed E-state index contributed by atoms with van der Waals surface area (Å²) in [5, 5.41) is 0. The third kappa shape index (κ3) is 3.47. The zero-order valence-electron chi connectivity index (χ0n) is 11.7. The highest BCUT2D eigenvalue weighted by atomic mass is 16.6. The van der Waals surface area contributed by atoms with E-state index in [0.29, 0.717) is 11.6 Å². The largest absolute Gasteiger partial charge is 0.372 e. The van der Waals surface area contributed by atoms with E-state index in [4.69, 9.17) is 0 Å². The van der Waals surface area contributed by atoms with Gasteiger partial charge in [-0.3, -0.25) is 9.63 Å². The van der Waals surface area contributed by atoms with Crippen LogP contribution in [-0.2, 0) is 4.84 Å². The van der Waals surface area contributed by atoms with Crippen LogP contribution in [0.2, 0.25) is 0 Å². The summed E-state index contributed by atoms with van der Waals surface area (Å²) in [6.45, 7) is 0. The van der Waals surface area contributed by atoms with Crippen LogP contribution in [0.5, 0.6) is 0 Å². The lowest BCUT2D eigenvalue weighted by atomic mass is 9.94. The van der Waals surface area contributed by atoms with Crippen LogP contribution in [0, 0.1) is 0 Å². The van der Waals surface area contributed by atoms with Gasteiger partial charge in [-0.15, -0.1) is 0 Å². The predicted molar refractivity (Wildman–Crippen MR) is 76.2 cm³/mol. The van der Waals surface area contributed by atoms with Crippen molar-refractivity contribution in [2.75, 3.05) is 19.1 Å². The van der Waals surface area contributed by atoms with Crippen LogP contribution in [0.15, 0.2) is 24.3 Å². The van der Waals surface area contributed by atoms with Gasteiger partial charge in [0.25, 0.3) is 5.91 Å². The number of hydroxylamine groups is 1. The molecule has 1 fully saturated rings. The van der Waals surface area contributed by atoms with Crippen molar-refractivity contribution in [2.45, 2.75) is 38.1 Å². The molecule has 1 amide bonds. The number of nitrogens with one attached hydrogen (secondary N) is 1. The predicted octanol–water partition coefficient (Wildman–Crippen LogP) is 2.75. The summed E-state index contributed by atoms with van der Waals surface area (Å²) in [6.07, 6.45) is 6.54. The van der Waals surface area contributed by atoms with E-state index in [1.165, 1.54) is 44.9 Å². The van der Waals surface area contributed by atoms with Crippen molar-refractivity contribution in [3.8, 4) is 0 Å². The van der Waals surface area contributed by atoms with Gasteiger partial charge in [0.2, 0.25) is 0 Å². The Morgan fingerprint density at radius 2 is 1.84 bits per heavy atom. The number of carbonyl (C=O) groups excluding carboxylic acids is 1. The molecule has 1 aliphatic carbocycles. The normalized spacial score (nSPS) is 16.1. The first-order valence-electron chi connectivity index (χ1n) is 6.88. The SMILES string of the molecule is CONC(=O)c1ccc(N(C)C2CCCCC2)cc1. The molecule has 1 N–H and O–H groups in total. The average molecular weight is 262 g/mol. The van der Waals surface area contributed by atoms with Crippen molar-refractivity contribution in [1.82, 2.24) is 5.48 Å². The van der Waals surface area contributed by atoms with Crippen molar-refractivity contribution in [3.05, 3.63) is 29.8 Å². The van der Waals surface area contributed by atoms with E-state index in [2.05, 4.69) is 22.3 Å². The fourth-order valence-corrected chi connectivity index (χ4v) is 2.68. The van der Waals surface area contributed by atoms with Crippen LogP contribution >= 0.6 is 0 Å². The lowest BCUT2D eigenvalue weighted by Gasteiger charge is -2.33. The molecule has 0 aliphatic heterocycles. The van der Waals surface area contributed by atoms with Gasteiger partial charge in [0.15, 0.2) is 0 Å². The molecule has 0 saturated heterocycles. The number of rotatable bonds is 4. The fraction of sp³-hybridized carbons (Fsp3) is 0.533. The Kier molecular flexibility index (Phi) is 4.80. The molecule has 1 aromatic rings. The van der Waals surface area contributed by atoms with E-state index in [-0.39, 0.29) is 5.91 Å². The highest BCUT2D eigenvalue weighted by Crippen LogP contribution is 2.26. The maximum absolute atomic E-state index is 11.6. The van der Waals surface area contributed by atoms with E-state index in [0.717, 1.165) is 0 Å². The van der Waals surface area contributed by atoms with Gasteiger partial charge in [0.1, 0.15) is 0 Å². The first-order valence-corrected chi connectivity index (χ1v) is 6.88. The summed E-state index contributed by atoms with van der Waals surface area (Å²) in [5.41, 5.74) is 4.10. The number of benzene rings is 1. The minimum Gasteiger partial charge on any atom is -0.372 e. The number of hydrogen-bond acceptors (Lipinski definition) is 3. The van der Waals surface area contributed by atoms with E-state index < -0.39 is 0 Å². The van der Waals surface area contributed by atoms with Crippen LogP contribution in [-0.4, -0.2) is 26.1 Å². The van der Waals surface area contributed by atoms with Crippen molar-refractivity contribution in [2.24, 2.45) is 0 Å². The number of hydrogen-bond donors (Lipinski definition) is 1. The van der Waals surface area contributed by atoms with Crippen LogP contribution in [0.1, 0.15) is 42.5 Å². The van der Waals surface area contributed by atoms with Crippen molar-refractivity contribution >= 4 is 11.6 Å². The summed E-state index contributed by atoms with van der Waals surface area (Å²) < 4.78 is 0. The lowest BCUT2D eigenvalue weighted by Crippen LogP contribution is -2.33. The molecular weight excluding hydrogens is 240 g/mol. The van der Waals surface area contributed by atoms with Gasteiger partial charge in [-0.25, -0.2) is 5.48 Å².